The zero-order valence-corrected chi connectivity index (χ0v) is 14.9. The molecule has 25 heavy (non-hydrogen) atoms. The van der Waals surface area contributed by atoms with E-state index in [4.69, 9.17) is 0 Å². The summed E-state index contributed by atoms with van der Waals surface area (Å²) in [4.78, 5) is 11.8. The number of aliphatic hydroxyl groups is 1. The highest BCUT2D eigenvalue weighted by Gasteiger charge is 2.20. The summed E-state index contributed by atoms with van der Waals surface area (Å²) in [5.74, 6) is 0. The van der Waals surface area contributed by atoms with Crippen molar-refractivity contribution in [3.8, 4) is 0 Å². The number of amides is 2. The average Bonchev–Trinajstić information content (AvgIpc) is 2.64. The van der Waals surface area contributed by atoms with E-state index in [0.717, 1.165) is 19.3 Å². The second kappa shape index (κ2) is 9.84. The highest BCUT2D eigenvalue weighted by atomic mass is 16.3. The van der Waals surface area contributed by atoms with Crippen LogP contribution in [0.4, 0.5) is 4.79 Å². The molecular weight excluding hydrogens is 312 g/mol. The van der Waals surface area contributed by atoms with Gasteiger partial charge >= 0.3 is 6.03 Å². The molecule has 134 valence electrons. The second-order valence-corrected chi connectivity index (χ2v) is 6.68. The molecule has 2 aromatic rings. The fourth-order valence-electron chi connectivity index (χ4n) is 2.62. The standard InChI is InChI=1S/C21H28N2O2/c1-21(25,15-14-19-11-6-3-7-12-19)17-23-20(24)22-16-8-13-18-9-4-2-5-10-18/h2-7,9-12,25H,8,13-17H2,1H3,(H2,22,23,24). The summed E-state index contributed by atoms with van der Waals surface area (Å²) in [7, 11) is 0. The van der Waals surface area contributed by atoms with Crippen molar-refractivity contribution in [2.24, 2.45) is 0 Å². The molecule has 0 spiro atoms. The van der Waals surface area contributed by atoms with Gasteiger partial charge in [-0.15, -0.1) is 0 Å². The molecule has 0 saturated heterocycles. The Bertz CT molecular complexity index is 627. The van der Waals surface area contributed by atoms with Gasteiger partial charge in [-0.05, 0) is 43.7 Å². The number of carbonyl (C=O) groups excluding carboxylic acids is 1. The van der Waals surface area contributed by atoms with E-state index in [1.807, 2.05) is 48.5 Å². The fraction of sp³-hybridized carbons (Fsp3) is 0.381. The van der Waals surface area contributed by atoms with E-state index >= 15 is 0 Å². The Morgan fingerprint density at radius 1 is 0.920 bits per heavy atom. The van der Waals surface area contributed by atoms with Crippen molar-refractivity contribution in [1.82, 2.24) is 10.6 Å². The second-order valence-electron chi connectivity index (χ2n) is 6.68. The van der Waals surface area contributed by atoms with E-state index in [2.05, 4.69) is 22.8 Å². The van der Waals surface area contributed by atoms with Crippen LogP contribution in [0.2, 0.25) is 0 Å². The summed E-state index contributed by atoms with van der Waals surface area (Å²) in [6.45, 7) is 2.61. The van der Waals surface area contributed by atoms with Gasteiger partial charge < -0.3 is 15.7 Å². The van der Waals surface area contributed by atoms with E-state index in [0.29, 0.717) is 13.0 Å². The van der Waals surface area contributed by atoms with Gasteiger partial charge in [-0.2, -0.15) is 0 Å². The maximum atomic E-state index is 11.8. The Morgan fingerprint density at radius 2 is 1.48 bits per heavy atom. The molecule has 0 aliphatic rings. The number of carbonyl (C=O) groups is 1. The van der Waals surface area contributed by atoms with Gasteiger partial charge in [-0.3, -0.25) is 0 Å². The van der Waals surface area contributed by atoms with Gasteiger partial charge in [0.2, 0.25) is 0 Å². The maximum Gasteiger partial charge on any atom is 0.314 e. The lowest BCUT2D eigenvalue weighted by atomic mass is 9.97. The third kappa shape index (κ3) is 7.86. The molecule has 3 N–H and O–H groups in total. The molecule has 4 heteroatoms. The summed E-state index contributed by atoms with van der Waals surface area (Å²) in [5.41, 5.74) is 1.54. The van der Waals surface area contributed by atoms with Gasteiger partial charge in [0.25, 0.3) is 0 Å². The van der Waals surface area contributed by atoms with Gasteiger partial charge in [0, 0.05) is 13.1 Å². The molecule has 2 aromatic carbocycles. The Morgan fingerprint density at radius 3 is 2.08 bits per heavy atom. The lowest BCUT2D eigenvalue weighted by Crippen LogP contribution is -2.45. The predicted molar refractivity (Wildman–Crippen MR) is 102 cm³/mol. The minimum atomic E-state index is -0.919. The molecular formula is C21H28N2O2. The minimum absolute atomic E-state index is 0.229. The smallest absolute Gasteiger partial charge is 0.314 e. The Hall–Kier alpha value is -2.33. The molecule has 1 unspecified atom stereocenters. The van der Waals surface area contributed by atoms with Crippen molar-refractivity contribution in [3.63, 3.8) is 0 Å². The van der Waals surface area contributed by atoms with Crippen molar-refractivity contribution >= 4 is 6.03 Å². The molecule has 0 radical (unpaired) electrons. The summed E-state index contributed by atoms with van der Waals surface area (Å²) in [6, 6.07) is 20.0. The van der Waals surface area contributed by atoms with Crippen LogP contribution in [-0.2, 0) is 12.8 Å². The van der Waals surface area contributed by atoms with Gasteiger partial charge in [0.05, 0.1) is 5.60 Å². The van der Waals surface area contributed by atoms with Crippen LogP contribution in [0, 0.1) is 0 Å². The number of aryl methyl sites for hydroxylation is 2. The van der Waals surface area contributed by atoms with Gasteiger partial charge in [-0.1, -0.05) is 60.7 Å². The number of nitrogens with one attached hydrogen (secondary N) is 2. The van der Waals surface area contributed by atoms with Crippen molar-refractivity contribution in [2.75, 3.05) is 13.1 Å². The summed E-state index contributed by atoms with van der Waals surface area (Å²) >= 11 is 0. The highest BCUT2D eigenvalue weighted by molar-refractivity contribution is 5.73. The van der Waals surface area contributed by atoms with Crippen molar-refractivity contribution < 1.29 is 9.90 Å². The Balaban J connectivity index is 1.59. The van der Waals surface area contributed by atoms with Crippen LogP contribution in [0.25, 0.3) is 0 Å². The predicted octanol–water partition coefficient (Wildman–Crippen LogP) is 3.30. The lowest BCUT2D eigenvalue weighted by molar-refractivity contribution is 0.0534. The molecule has 1 atom stereocenters. The molecule has 0 bridgehead atoms. The molecule has 2 amide bonds. The summed E-state index contributed by atoms with van der Waals surface area (Å²) in [5, 5.41) is 16.0. The number of rotatable bonds is 9. The first-order valence-corrected chi connectivity index (χ1v) is 8.87. The molecule has 0 fully saturated rings. The minimum Gasteiger partial charge on any atom is -0.388 e. The van der Waals surface area contributed by atoms with Gasteiger partial charge in [0.1, 0.15) is 0 Å². The molecule has 4 nitrogen and oxygen atoms in total. The third-order valence-electron chi connectivity index (χ3n) is 4.20. The zero-order valence-electron chi connectivity index (χ0n) is 14.9. The number of hydrogen-bond donors (Lipinski definition) is 3. The number of hydrogen-bond acceptors (Lipinski definition) is 2. The summed E-state index contributed by atoms with van der Waals surface area (Å²) < 4.78 is 0. The van der Waals surface area contributed by atoms with Crippen LogP contribution in [-0.4, -0.2) is 29.8 Å². The molecule has 2 rings (SSSR count). The highest BCUT2D eigenvalue weighted by Crippen LogP contribution is 2.13. The first-order valence-electron chi connectivity index (χ1n) is 8.87. The van der Waals surface area contributed by atoms with Crippen LogP contribution >= 0.6 is 0 Å². The number of benzene rings is 2. The first-order chi connectivity index (χ1) is 12.1. The van der Waals surface area contributed by atoms with E-state index < -0.39 is 5.60 Å². The van der Waals surface area contributed by atoms with Gasteiger partial charge in [0.15, 0.2) is 0 Å². The van der Waals surface area contributed by atoms with Crippen molar-refractivity contribution in [3.05, 3.63) is 71.8 Å². The molecule has 0 saturated carbocycles. The van der Waals surface area contributed by atoms with E-state index in [-0.39, 0.29) is 12.6 Å². The van der Waals surface area contributed by atoms with Gasteiger partial charge in [-0.25, -0.2) is 4.79 Å². The normalized spacial score (nSPS) is 13.0. The van der Waals surface area contributed by atoms with Crippen LogP contribution in [0.15, 0.2) is 60.7 Å². The Labute approximate surface area is 150 Å². The van der Waals surface area contributed by atoms with E-state index in [9.17, 15) is 9.90 Å². The van der Waals surface area contributed by atoms with Crippen LogP contribution in [0.3, 0.4) is 0 Å². The fourth-order valence-corrected chi connectivity index (χ4v) is 2.62. The molecule has 0 aliphatic carbocycles. The monoisotopic (exact) mass is 340 g/mol. The zero-order chi connectivity index (χ0) is 18.0. The van der Waals surface area contributed by atoms with E-state index in [1.54, 1.807) is 6.92 Å². The van der Waals surface area contributed by atoms with Crippen LogP contribution in [0.1, 0.15) is 30.9 Å². The van der Waals surface area contributed by atoms with Crippen LogP contribution in [0.5, 0.6) is 0 Å². The quantitative estimate of drug-likeness (QED) is 0.613. The third-order valence-corrected chi connectivity index (χ3v) is 4.20. The average molecular weight is 340 g/mol. The maximum absolute atomic E-state index is 11.8. The molecule has 0 heterocycles. The van der Waals surface area contributed by atoms with Crippen LogP contribution < -0.4 is 10.6 Å². The SMILES string of the molecule is CC(O)(CCc1ccccc1)CNC(=O)NCCCc1ccccc1. The Kier molecular flexibility index (Phi) is 7.48. The van der Waals surface area contributed by atoms with Crippen molar-refractivity contribution in [2.45, 2.75) is 38.2 Å². The van der Waals surface area contributed by atoms with Crippen molar-refractivity contribution in [1.29, 1.82) is 0 Å². The topological polar surface area (TPSA) is 61.4 Å². The summed E-state index contributed by atoms with van der Waals surface area (Å²) in [6.07, 6.45) is 3.22. The number of urea groups is 1. The molecule has 0 aromatic heterocycles. The van der Waals surface area contributed by atoms with E-state index in [1.165, 1.54) is 11.1 Å². The first kappa shape index (κ1) is 19.0. The largest absolute Gasteiger partial charge is 0.388 e. The lowest BCUT2D eigenvalue weighted by Gasteiger charge is -2.23. The molecule has 0 aliphatic heterocycles.